The average molecular weight is 302 g/mol. The Hall–Kier alpha value is -2.57. The Morgan fingerprint density at radius 2 is 2.14 bits per heavy atom. The first-order valence-corrected chi connectivity index (χ1v) is 7.26. The molecule has 1 aliphatic heterocycles. The maximum absolute atomic E-state index is 12.1. The summed E-state index contributed by atoms with van der Waals surface area (Å²) in [6, 6.07) is 9.25. The van der Waals surface area contributed by atoms with Crippen molar-refractivity contribution in [1.82, 2.24) is 19.7 Å². The number of rotatable bonds is 2. The molecule has 1 atom stereocenters. The molecule has 1 aromatic carbocycles. The molecule has 0 spiro atoms. The first-order chi connectivity index (χ1) is 10.7. The number of nitrogens with zero attached hydrogens (tertiary/aromatic N) is 3. The van der Waals surface area contributed by atoms with E-state index >= 15 is 0 Å². The van der Waals surface area contributed by atoms with Crippen LogP contribution in [0.1, 0.15) is 24.6 Å². The van der Waals surface area contributed by atoms with Crippen molar-refractivity contribution in [3.05, 3.63) is 46.6 Å². The van der Waals surface area contributed by atoms with Gasteiger partial charge in [-0.3, -0.25) is 4.98 Å². The number of nitrogens with one attached hydrogen (secondary N) is 1. The van der Waals surface area contributed by atoms with Gasteiger partial charge >= 0.3 is 11.8 Å². The first-order valence-electron chi connectivity index (χ1n) is 7.26. The summed E-state index contributed by atoms with van der Waals surface area (Å²) in [5.74, 6) is 0.632. The van der Waals surface area contributed by atoms with Gasteiger partial charge in [0.05, 0.1) is 12.8 Å². The summed E-state index contributed by atoms with van der Waals surface area (Å²) < 4.78 is 6.12. The van der Waals surface area contributed by atoms with Gasteiger partial charge in [0, 0.05) is 19.0 Å². The van der Waals surface area contributed by atoms with E-state index in [0.29, 0.717) is 18.9 Å². The SMILES string of the molecule is COC(=O)N1CCCC(c2nn(-c3ccccc3)c(=O)[nH]2)C1. The van der Waals surface area contributed by atoms with E-state index < -0.39 is 0 Å². The van der Waals surface area contributed by atoms with Gasteiger partial charge in [-0.25, -0.2) is 9.59 Å². The smallest absolute Gasteiger partial charge is 0.409 e. The number of methoxy groups -OCH3 is 1. The number of amides is 1. The van der Waals surface area contributed by atoms with Crippen molar-refractivity contribution in [2.45, 2.75) is 18.8 Å². The number of carbonyl (C=O) groups excluding carboxylic acids is 1. The molecule has 1 saturated heterocycles. The minimum Gasteiger partial charge on any atom is -0.453 e. The molecule has 3 rings (SSSR count). The highest BCUT2D eigenvalue weighted by molar-refractivity contribution is 5.67. The van der Waals surface area contributed by atoms with E-state index in [9.17, 15) is 9.59 Å². The highest BCUT2D eigenvalue weighted by Gasteiger charge is 2.27. The quantitative estimate of drug-likeness (QED) is 0.911. The molecule has 7 heteroatoms. The second-order valence-corrected chi connectivity index (χ2v) is 5.32. The average Bonchev–Trinajstić information content (AvgIpc) is 2.97. The molecule has 0 radical (unpaired) electrons. The summed E-state index contributed by atoms with van der Waals surface area (Å²) in [5.41, 5.74) is 0.451. The van der Waals surface area contributed by atoms with E-state index in [0.717, 1.165) is 18.5 Å². The van der Waals surface area contributed by atoms with Crippen molar-refractivity contribution >= 4 is 6.09 Å². The third kappa shape index (κ3) is 2.74. The molecule has 0 saturated carbocycles. The minimum absolute atomic E-state index is 0.0190. The number of H-pyrrole nitrogens is 1. The predicted molar refractivity (Wildman–Crippen MR) is 80.1 cm³/mol. The van der Waals surface area contributed by atoms with Crippen LogP contribution < -0.4 is 5.69 Å². The number of piperidine rings is 1. The molecule has 2 heterocycles. The van der Waals surface area contributed by atoms with E-state index in [-0.39, 0.29) is 17.7 Å². The van der Waals surface area contributed by atoms with Crippen LogP contribution in [-0.4, -0.2) is 46.0 Å². The number of aromatic nitrogens is 3. The van der Waals surface area contributed by atoms with E-state index in [1.807, 2.05) is 30.3 Å². The van der Waals surface area contributed by atoms with Crippen LogP contribution >= 0.6 is 0 Å². The van der Waals surface area contributed by atoms with Gasteiger partial charge in [-0.05, 0) is 25.0 Å². The van der Waals surface area contributed by atoms with Crippen molar-refractivity contribution in [2.75, 3.05) is 20.2 Å². The van der Waals surface area contributed by atoms with Gasteiger partial charge in [0.15, 0.2) is 0 Å². The topological polar surface area (TPSA) is 80.2 Å². The molecule has 0 aliphatic carbocycles. The Bertz CT molecular complexity index is 707. The second-order valence-electron chi connectivity index (χ2n) is 5.32. The summed E-state index contributed by atoms with van der Waals surface area (Å²) in [7, 11) is 1.37. The Balaban J connectivity index is 1.84. The number of aromatic amines is 1. The van der Waals surface area contributed by atoms with Crippen molar-refractivity contribution in [3.8, 4) is 5.69 Å². The lowest BCUT2D eigenvalue weighted by Crippen LogP contribution is -2.39. The number of para-hydroxylation sites is 1. The largest absolute Gasteiger partial charge is 0.453 e. The zero-order valence-electron chi connectivity index (χ0n) is 12.4. The maximum atomic E-state index is 12.1. The monoisotopic (exact) mass is 302 g/mol. The second kappa shape index (κ2) is 6.05. The Kier molecular flexibility index (Phi) is 3.95. The number of benzene rings is 1. The zero-order chi connectivity index (χ0) is 15.5. The third-order valence-electron chi connectivity index (χ3n) is 3.88. The molecule has 1 fully saturated rings. The molecule has 1 aromatic heterocycles. The molecule has 116 valence electrons. The summed E-state index contributed by atoms with van der Waals surface area (Å²) in [4.78, 5) is 28.2. The van der Waals surface area contributed by atoms with E-state index in [4.69, 9.17) is 4.74 Å². The fraction of sp³-hybridized carbons (Fsp3) is 0.400. The highest BCUT2D eigenvalue weighted by Crippen LogP contribution is 2.24. The fourth-order valence-electron chi connectivity index (χ4n) is 2.76. The normalized spacial score (nSPS) is 18.2. The van der Waals surface area contributed by atoms with E-state index in [2.05, 4.69) is 10.1 Å². The molecule has 2 aromatic rings. The predicted octanol–water partition coefficient (Wildman–Crippen LogP) is 1.51. The van der Waals surface area contributed by atoms with Crippen LogP contribution in [0.25, 0.3) is 5.69 Å². The van der Waals surface area contributed by atoms with Gasteiger partial charge in [-0.15, -0.1) is 5.10 Å². The van der Waals surface area contributed by atoms with Crippen molar-refractivity contribution in [3.63, 3.8) is 0 Å². The zero-order valence-corrected chi connectivity index (χ0v) is 12.4. The lowest BCUT2D eigenvalue weighted by Gasteiger charge is -2.30. The molecule has 1 unspecified atom stereocenters. The maximum Gasteiger partial charge on any atom is 0.409 e. The summed E-state index contributed by atoms with van der Waals surface area (Å²) in [6.45, 7) is 1.18. The number of likely N-dealkylation sites (tertiary alicyclic amines) is 1. The van der Waals surface area contributed by atoms with Gasteiger partial charge in [-0.2, -0.15) is 4.68 Å². The van der Waals surface area contributed by atoms with Gasteiger partial charge in [0.25, 0.3) is 0 Å². The van der Waals surface area contributed by atoms with Crippen LogP contribution in [-0.2, 0) is 4.74 Å². The lowest BCUT2D eigenvalue weighted by atomic mass is 9.98. The highest BCUT2D eigenvalue weighted by atomic mass is 16.5. The molecule has 7 nitrogen and oxygen atoms in total. The van der Waals surface area contributed by atoms with Crippen molar-refractivity contribution in [2.24, 2.45) is 0 Å². The third-order valence-corrected chi connectivity index (χ3v) is 3.88. The van der Waals surface area contributed by atoms with Crippen LogP contribution in [0.4, 0.5) is 4.79 Å². The van der Waals surface area contributed by atoms with Crippen LogP contribution in [0.5, 0.6) is 0 Å². The Labute approximate surface area is 127 Å². The summed E-state index contributed by atoms with van der Waals surface area (Å²) in [6.07, 6.45) is 1.41. The first kappa shape index (κ1) is 14.4. The number of hydrogen-bond acceptors (Lipinski definition) is 4. The standard InChI is InChI=1S/C15H18N4O3/c1-22-15(21)18-9-5-6-11(10-18)13-16-14(20)19(17-13)12-7-3-2-4-8-12/h2-4,7-8,11H,5-6,9-10H2,1H3,(H,16,17,20). The molecule has 1 amide bonds. The molecule has 1 N–H and O–H groups in total. The summed E-state index contributed by atoms with van der Waals surface area (Å²) >= 11 is 0. The van der Waals surface area contributed by atoms with Crippen LogP contribution in [0.3, 0.4) is 0 Å². The van der Waals surface area contributed by atoms with Gasteiger partial charge < -0.3 is 9.64 Å². The number of carbonyl (C=O) groups is 1. The fourth-order valence-corrected chi connectivity index (χ4v) is 2.76. The van der Waals surface area contributed by atoms with Crippen LogP contribution in [0, 0.1) is 0 Å². The molecular formula is C15H18N4O3. The number of hydrogen-bond donors (Lipinski definition) is 1. The molecular weight excluding hydrogens is 284 g/mol. The van der Waals surface area contributed by atoms with Gasteiger partial charge in [0.1, 0.15) is 5.82 Å². The summed E-state index contributed by atoms with van der Waals surface area (Å²) in [5, 5.41) is 4.39. The van der Waals surface area contributed by atoms with Crippen molar-refractivity contribution < 1.29 is 9.53 Å². The lowest BCUT2D eigenvalue weighted by molar-refractivity contribution is 0.110. The van der Waals surface area contributed by atoms with E-state index in [1.165, 1.54) is 11.8 Å². The molecule has 22 heavy (non-hydrogen) atoms. The molecule has 1 aliphatic rings. The van der Waals surface area contributed by atoms with Crippen LogP contribution in [0.15, 0.2) is 35.1 Å². The van der Waals surface area contributed by atoms with Crippen molar-refractivity contribution in [1.29, 1.82) is 0 Å². The van der Waals surface area contributed by atoms with Gasteiger partial charge in [0.2, 0.25) is 0 Å². The number of ether oxygens (including phenoxy) is 1. The Morgan fingerprint density at radius 3 is 2.86 bits per heavy atom. The Morgan fingerprint density at radius 1 is 1.36 bits per heavy atom. The van der Waals surface area contributed by atoms with Crippen LogP contribution in [0.2, 0.25) is 0 Å². The minimum atomic E-state index is -0.338. The van der Waals surface area contributed by atoms with Gasteiger partial charge in [-0.1, -0.05) is 18.2 Å². The molecule has 0 bridgehead atoms. The van der Waals surface area contributed by atoms with E-state index in [1.54, 1.807) is 4.90 Å².